The van der Waals surface area contributed by atoms with E-state index in [1.165, 1.54) is 12.6 Å². The van der Waals surface area contributed by atoms with Gasteiger partial charge >= 0.3 is 0 Å². The van der Waals surface area contributed by atoms with Gasteiger partial charge in [-0.3, -0.25) is 4.98 Å². The monoisotopic (exact) mass is 72.0 g/mol. The van der Waals surface area contributed by atoms with Gasteiger partial charge in [0.15, 0.2) is 0 Å². The first kappa shape index (κ1) is 2.42. The summed E-state index contributed by atoms with van der Waals surface area (Å²) in [4.78, 5) is 4.06. The van der Waals surface area contributed by atoms with Gasteiger partial charge in [-0.2, -0.15) is 0 Å². The predicted octanol–water partition coefficient (Wildman–Crippen LogP) is -0.894. The molecule has 0 N–H and O–H groups in total. The van der Waals surface area contributed by atoms with Crippen molar-refractivity contribution in [3.05, 3.63) is 0 Å². The minimum absolute atomic E-state index is 0.230. The highest BCUT2D eigenvalue weighted by Crippen LogP contribution is 1.82. The minimum atomic E-state index is 0.230. The zero-order valence-corrected chi connectivity index (χ0v) is 3.98. The third-order valence-electron chi connectivity index (χ3n) is 0.632. The highest BCUT2D eigenvalue weighted by molar-refractivity contribution is 6.35. The van der Waals surface area contributed by atoms with Crippen LogP contribution in [0.15, 0.2) is 0 Å². The Kier molecular flexibility index (Phi) is 0.521. The molecule has 0 bridgehead atoms. The maximum atomic E-state index is 4.06. The molecule has 0 spiro atoms. The van der Waals surface area contributed by atoms with Crippen molar-refractivity contribution in [1.29, 1.82) is 0 Å². The van der Waals surface area contributed by atoms with E-state index >= 15 is 0 Å². The maximum absolute atomic E-state index is 4.06. The first-order valence-corrected chi connectivity index (χ1v) is 3.26. The lowest BCUT2D eigenvalue weighted by atomic mass is 10.8. The van der Waals surface area contributed by atoms with Crippen LogP contribution >= 0.6 is 0 Å². The van der Waals surface area contributed by atoms with Crippen LogP contribution in [0.3, 0.4) is 0 Å². The van der Waals surface area contributed by atoms with Crippen molar-refractivity contribution in [3.8, 4) is 0 Å². The van der Waals surface area contributed by atoms with Crippen LogP contribution in [0.2, 0.25) is 6.04 Å². The molecule has 0 amide bonds. The predicted molar refractivity (Wildman–Crippen MR) is 20.4 cm³/mol. The van der Waals surface area contributed by atoms with Crippen molar-refractivity contribution in [2.75, 3.05) is 6.54 Å². The normalized spacial score (nSPS) is 30.0. The van der Waals surface area contributed by atoms with Crippen molar-refractivity contribution < 1.29 is 0 Å². The molecule has 1 heterocycles. The molecule has 1 aliphatic heterocycles. The molecule has 4 heavy (non-hydrogen) atoms. The van der Waals surface area contributed by atoms with E-state index in [4.69, 9.17) is 0 Å². The SMILES string of the molecule is C1C[SiH2][N]1. The molecule has 0 aromatic heterocycles. The Bertz CT molecular complexity index is 14.0. The van der Waals surface area contributed by atoms with Crippen LogP contribution in [0.25, 0.3) is 0 Å². The topological polar surface area (TPSA) is 14.1 Å². The summed E-state index contributed by atoms with van der Waals surface area (Å²) in [6.45, 7) is 1.19. The number of hydrogen-bond donors (Lipinski definition) is 0. The summed E-state index contributed by atoms with van der Waals surface area (Å²) in [5.74, 6) is 0. The molecule has 0 aromatic rings. The molecule has 23 valence electrons. The molecule has 1 aliphatic rings. The molecule has 2 heteroatoms. The molecule has 1 rings (SSSR count). The average molecular weight is 72.2 g/mol. The first-order valence-electron chi connectivity index (χ1n) is 1.63. The standard InChI is InChI=1S/C2H6NSi/c1-2-4-3-1/h1-2,4H2. The van der Waals surface area contributed by atoms with Crippen LogP contribution in [-0.2, 0) is 0 Å². The van der Waals surface area contributed by atoms with E-state index in [9.17, 15) is 0 Å². The van der Waals surface area contributed by atoms with Crippen molar-refractivity contribution >= 4 is 9.68 Å². The van der Waals surface area contributed by atoms with Crippen LogP contribution in [0, 0.1) is 0 Å². The Morgan fingerprint density at radius 1 is 1.75 bits per heavy atom. The van der Waals surface area contributed by atoms with Crippen LogP contribution in [0.5, 0.6) is 0 Å². The molecule has 0 unspecified atom stereocenters. The molecular weight excluding hydrogens is 66.1 g/mol. The Morgan fingerprint density at radius 2 is 2.00 bits per heavy atom. The van der Waals surface area contributed by atoms with Gasteiger partial charge in [0.25, 0.3) is 0 Å². The van der Waals surface area contributed by atoms with E-state index < -0.39 is 0 Å². The number of hydrogen-bond acceptors (Lipinski definition) is 0. The number of nitrogens with zero attached hydrogens (tertiary/aromatic N) is 1. The van der Waals surface area contributed by atoms with E-state index in [-0.39, 0.29) is 9.68 Å². The zero-order valence-electron chi connectivity index (χ0n) is 2.57. The highest BCUT2D eigenvalue weighted by Gasteiger charge is 1.96. The second-order valence-corrected chi connectivity index (χ2v) is 2.63. The molecule has 0 aromatic carbocycles. The molecular formula is C2H6NSi. The first-order chi connectivity index (χ1) is 2.00. The molecule has 1 radical (unpaired) electrons. The van der Waals surface area contributed by atoms with Crippen molar-refractivity contribution in [3.63, 3.8) is 0 Å². The molecule has 0 atom stereocenters. The minimum Gasteiger partial charge on any atom is -0.278 e. The second-order valence-electron chi connectivity index (χ2n) is 1.02. The van der Waals surface area contributed by atoms with Gasteiger partial charge in [-0.05, 0) is 6.04 Å². The van der Waals surface area contributed by atoms with Crippen molar-refractivity contribution in [1.82, 2.24) is 4.98 Å². The second kappa shape index (κ2) is 0.863. The summed E-state index contributed by atoms with van der Waals surface area (Å²) in [6.07, 6.45) is 0. The largest absolute Gasteiger partial charge is 0.278 e. The van der Waals surface area contributed by atoms with Gasteiger partial charge in [0, 0.05) is 6.54 Å². The fraction of sp³-hybridized carbons (Fsp3) is 1.00. The Morgan fingerprint density at radius 3 is 2.00 bits per heavy atom. The summed E-state index contributed by atoms with van der Waals surface area (Å²) in [5, 5.41) is 0. The zero-order chi connectivity index (χ0) is 2.83. The lowest BCUT2D eigenvalue weighted by molar-refractivity contribution is 0.883. The van der Waals surface area contributed by atoms with E-state index in [1.807, 2.05) is 0 Å². The molecule has 0 saturated carbocycles. The van der Waals surface area contributed by atoms with Crippen LogP contribution in [-0.4, -0.2) is 16.2 Å². The van der Waals surface area contributed by atoms with E-state index in [0.717, 1.165) is 0 Å². The van der Waals surface area contributed by atoms with Crippen molar-refractivity contribution in [2.24, 2.45) is 0 Å². The fourth-order valence-electron chi connectivity index (χ4n) is 0.158. The quantitative estimate of drug-likeness (QED) is 0.329. The summed E-state index contributed by atoms with van der Waals surface area (Å²) < 4.78 is 0. The summed E-state index contributed by atoms with van der Waals surface area (Å²) >= 11 is 0. The van der Waals surface area contributed by atoms with Gasteiger partial charge in [0.2, 0.25) is 0 Å². The average Bonchev–Trinajstić information content (AvgIpc) is 0.722. The van der Waals surface area contributed by atoms with E-state index in [2.05, 4.69) is 4.98 Å². The third kappa shape index (κ3) is 0.173. The Balaban J connectivity index is 2.00. The number of rotatable bonds is 0. The Labute approximate surface area is 28.3 Å². The fourth-order valence-corrected chi connectivity index (χ4v) is 0.474. The van der Waals surface area contributed by atoms with Crippen LogP contribution in [0.4, 0.5) is 0 Å². The van der Waals surface area contributed by atoms with Gasteiger partial charge in [0.05, 0.1) is 0 Å². The smallest absolute Gasteiger partial charge is 0.115 e. The highest BCUT2D eigenvalue weighted by atomic mass is 28.2. The molecule has 0 aliphatic carbocycles. The summed E-state index contributed by atoms with van der Waals surface area (Å²) in [5.41, 5.74) is 0. The summed E-state index contributed by atoms with van der Waals surface area (Å²) in [6, 6.07) is 1.47. The lowest BCUT2D eigenvalue weighted by Crippen LogP contribution is -2.24. The Hall–Kier alpha value is 0.177. The van der Waals surface area contributed by atoms with Gasteiger partial charge in [-0.25, -0.2) is 0 Å². The van der Waals surface area contributed by atoms with E-state index in [1.54, 1.807) is 0 Å². The van der Waals surface area contributed by atoms with Gasteiger partial charge in [-0.15, -0.1) is 0 Å². The van der Waals surface area contributed by atoms with Gasteiger partial charge in [0.1, 0.15) is 9.68 Å². The van der Waals surface area contributed by atoms with Gasteiger partial charge in [-0.1, -0.05) is 0 Å². The lowest BCUT2D eigenvalue weighted by Gasteiger charge is -2.06. The van der Waals surface area contributed by atoms with Crippen molar-refractivity contribution in [2.45, 2.75) is 6.04 Å². The van der Waals surface area contributed by atoms with Crippen LogP contribution < -0.4 is 4.98 Å². The van der Waals surface area contributed by atoms with Crippen LogP contribution in [0.1, 0.15) is 0 Å². The molecule has 1 fully saturated rings. The molecule has 1 saturated heterocycles. The molecule has 1 nitrogen and oxygen atoms in total. The van der Waals surface area contributed by atoms with Gasteiger partial charge < -0.3 is 0 Å². The van der Waals surface area contributed by atoms with E-state index in [0.29, 0.717) is 0 Å². The third-order valence-corrected chi connectivity index (χ3v) is 1.90. The maximum Gasteiger partial charge on any atom is 0.115 e. The summed E-state index contributed by atoms with van der Waals surface area (Å²) in [7, 11) is 0.230.